The SMILES string of the molecule is C=CCS(=O)(=O)CC1CO[P](O)(OC)O1. The Morgan fingerprint density at radius 3 is 2.87 bits per heavy atom. The van der Waals surface area contributed by atoms with Crippen molar-refractivity contribution >= 4 is 18.0 Å². The van der Waals surface area contributed by atoms with Crippen LogP contribution in [0.15, 0.2) is 12.7 Å². The van der Waals surface area contributed by atoms with Gasteiger partial charge in [0.1, 0.15) is 6.10 Å². The molecule has 0 bridgehead atoms. The van der Waals surface area contributed by atoms with Gasteiger partial charge >= 0.3 is 8.17 Å². The molecule has 0 aromatic rings. The first-order chi connectivity index (χ1) is 6.91. The van der Waals surface area contributed by atoms with Crippen LogP contribution in [0.2, 0.25) is 0 Å². The molecule has 1 N–H and O–H groups in total. The standard InChI is InChI=1S/C7H14O6PS/c1-3-4-15(9,10)6-7-5-12-14(8,11-2)13-7/h3,7-8H,1,4-6H2,2H3. The van der Waals surface area contributed by atoms with Crippen LogP contribution in [0.1, 0.15) is 0 Å². The van der Waals surface area contributed by atoms with Gasteiger partial charge in [0.25, 0.3) is 0 Å². The Hall–Kier alpha value is -0.0400. The maximum Gasteiger partial charge on any atom is 0.377 e. The van der Waals surface area contributed by atoms with E-state index in [-0.39, 0.29) is 18.1 Å². The van der Waals surface area contributed by atoms with Gasteiger partial charge in [-0.3, -0.25) is 9.05 Å². The van der Waals surface area contributed by atoms with E-state index in [0.717, 1.165) is 0 Å². The average molecular weight is 257 g/mol. The van der Waals surface area contributed by atoms with Crippen LogP contribution in [0, 0.1) is 0 Å². The largest absolute Gasteiger partial charge is 0.377 e. The third-order valence-electron chi connectivity index (χ3n) is 1.75. The van der Waals surface area contributed by atoms with Crippen molar-refractivity contribution in [3.63, 3.8) is 0 Å². The third kappa shape index (κ3) is 3.79. The minimum Gasteiger partial charge on any atom is -0.314 e. The highest BCUT2D eigenvalue weighted by Gasteiger charge is 2.41. The normalized spacial score (nSPS) is 31.7. The predicted molar refractivity (Wildman–Crippen MR) is 55.8 cm³/mol. The second kappa shape index (κ2) is 4.86. The van der Waals surface area contributed by atoms with Crippen molar-refractivity contribution in [3.8, 4) is 0 Å². The molecule has 2 atom stereocenters. The van der Waals surface area contributed by atoms with Crippen molar-refractivity contribution in [2.45, 2.75) is 6.10 Å². The molecule has 0 saturated carbocycles. The molecule has 89 valence electrons. The second-order valence-corrected chi connectivity index (χ2v) is 6.96. The van der Waals surface area contributed by atoms with Crippen LogP contribution < -0.4 is 0 Å². The summed E-state index contributed by atoms with van der Waals surface area (Å²) in [6.07, 6.45) is 0.635. The summed E-state index contributed by atoms with van der Waals surface area (Å²) in [5.41, 5.74) is 0. The maximum atomic E-state index is 11.4. The highest BCUT2D eigenvalue weighted by atomic mass is 32.2. The first-order valence-corrected chi connectivity index (χ1v) is 7.54. The molecule has 15 heavy (non-hydrogen) atoms. The number of hydrogen-bond donors (Lipinski definition) is 1. The summed E-state index contributed by atoms with van der Waals surface area (Å²) in [5, 5.41) is 0. The van der Waals surface area contributed by atoms with Crippen LogP contribution >= 0.6 is 8.17 Å². The molecule has 1 fully saturated rings. The molecule has 6 nitrogen and oxygen atoms in total. The third-order valence-corrected chi connectivity index (χ3v) is 4.87. The number of rotatable bonds is 5. The van der Waals surface area contributed by atoms with Gasteiger partial charge in [-0.1, -0.05) is 6.08 Å². The van der Waals surface area contributed by atoms with Crippen LogP contribution in [-0.4, -0.2) is 44.6 Å². The van der Waals surface area contributed by atoms with Gasteiger partial charge in [0.2, 0.25) is 0 Å². The summed E-state index contributed by atoms with van der Waals surface area (Å²) in [5.74, 6) is -0.318. The van der Waals surface area contributed by atoms with Crippen molar-refractivity contribution in [1.82, 2.24) is 0 Å². The quantitative estimate of drug-likeness (QED) is 0.564. The molecule has 2 unspecified atom stereocenters. The Morgan fingerprint density at radius 1 is 1.73 bits per heavy atom. The predicted octanol–water partition coefficient (Wildman–Crippen LogP) is 0.319. The minimum absolute atomic E-state index is 0.0223. The van der Waals surface area contributed by atoms with E-state index in [1.54, 1.807) is 0 Å². The van der Waals surface area contributed by atoms with E-state index in [2.05, 4.69) is 11.1 Å². The summed E-state index contributed by atoms with van der Waals surface area (Å²) < 4.78 is 37.2. The zero-order valence-corrected chi connectivity index (χ0v) is 10.0. The van der Waals surface area contributed by atoms with Crippen LogP contribution in [-0.2, 0) is 23.4 Å². The van der Waals surface area contributed by atoms with Crippen LogP contribution in [0.3, 0.4) is 0 Å². The molecule has 1 aliphatic heterocycles. The van der Waals surface area contributed by atoms with Gasteiger partial charge < -0.3 is 9.42 Å². The van der Waals surface area contributed by atoms with Gasteiger partial charge in [0, 0.05) is 7.11 Å². The lowest BCUT2D eigenvalue weighted by molar-refractivity contribution is 0.172. The lowest BCUT2D eigenvalue weighted by atomic mass is 10.4. The van der Waals surface area contributed by atoms with E-state index in [0.29, 0.717) is 0 Å². The Labute approximate surface area is 89.4 Å². The Balaban J connectivity index is 2.53. The lowest BCUT2D eigenvalue weighted by Gasteiger charge is -2.18. The fourth-order valence-electron chi connectivity index (χ4n) is 1.13. The molecule has 0 aromatic heterocycles. The summed E-state index contributed by atoms with van der Waals surface area (Å²) in [6, 6.07) is 0. The molecular weight excluding hydrogens is 243 g/mol. The van der Waals surface area contributed by atoms with Crippen molar-refractivity contribution in [2.75, 3.05) is 25.2 Å². The van der Waals surface area contributed by atoms with Gasteiger partial charge in [-0.25, -0.2) is 8.42 Å². The van der Waals surface area contributed by atoms with Crippen LogP contribution in [0.25, 0.3) is 0 Å². The van der Waals surface area contributed by atoms with Gasteiger partial charge in [-0.15, -0.1) is 6.58 Å². The molecule has 0 aliphatic carbocycles. The Kier molecular flexibility index (Phi) is 4.22. The van der Waals surface area contributed by atoms with Crippen molar-refractivity contribution in [3.05, 3.63) is 12.7 Å². The first kappa shape index (κ1) is 13.0. The second-order valence-electron chi connectivity index (χ2n) is 3.04. The number of sulfone groups is 1. The van der Waals surface area contributed by atoms with Crippen LogP contribution in [0.4, 0.5) is 0 Å². The maximum absolute atomic E-state index is 11.4. The van der Waals surface area contributed by atoms with Crippen molar-refractivity contribution in [1.29, 1.82) is 0 Å². The zero-order valence-electron chi connectivity index (χ0n) is 8.33. The molecule has 1 aliphatic rings. The zero-order chi connectivity index (χ0) is 11.5. The van der Waals surface area contributed by atoms with Gasteiger partial charge in [0.15, 0.2) is 9.84 Å². The van der Waals surface area contributed by atoms with E-state index in [4.69, 9.17) is 9.05 Å². The molecule has 0 amide bonds. The van der Waals surface area contributed by atoms with Gasteiger partial charge in [-0.2, -0.15) is 0 Å². The van der Waals surface area contributed by atoms with Gasteiger partial charge in [-0.05, 0) is 0 Å². The minimum atomic E-state index is -3.25. The number of hydrogen-bond acceptors (Lipinski definition) is 6. The molecule has 1 radical (unpaired) electrons. The van der Waals surface area contributed by atoms with Crippen LogP contribution in [0.5, 0.6) is 0 Å². The van der Waals surface area contributed by atoms with E-state index in [9.17, 15) is 13.3 Å². The Morgan fingerprint density at radius 2 is 2.40 bits per heavy atom. The Bertz CT molecular complexity index is 328. The summed E-state index contributed by atoms with van der Waals surface area (Å²) in [4.78, 5) is 9.43. The average Bonchev–Trinajstić information content (AvgIpc) is 2.47. The molecule has 1 saturated heterocycles. The molecule has 0 spiro atoms. The summed E-state index contributed by atoms with van der Waals surface area (Å²) >= 11 is 0. The summed E-state index contributed by atoms with van der Waals surface area (Å²) in [6.45, 7) is 3.37. The summed E-state index contributed by atoms with van der Waals surface area (Å²) in [7, 11) is -5.25. The van der Waals surface area contributed by atoms with E-state index in [1.165, 1.54) is 13.2 Å². The molecule has 0 aromatic carbocycles. The topological polar surface area (TPSA) is 82.1 Å². The monoisotopic (exact) mass is 257 g/mol. The fourth-order valence-corrected chi connectivity index (χ4v) is 3.58. The van der Waals surface area contributed by atoms with E-state index in [1.807, 2.05) is 0 Å². The lowest BCUT2D eigenvalue weighted by Crippen LogP contribution is -2.24. The first-order valence-electron chi connectivity index (χ1n) is 4.22. The molecular formula is C7H14O6PS. The highest BCUT2D eigenvalue weighted by molar-refractivity contribution is 7.91. The van der Waals surface area contributed by atoms with Gasteiger partial charge in [0.05, 0.1) is 18.1 Å². The van der Waals surface area contributed by atoms with E-state index < -0.39 is 24.1 Å². The highest BCUT2D eigenvalue weighted by Crippen LogP contribution is 2.62. The fraction of sp³-hybridized carbons (Fsp3) is 0.714. The van der Waals surface area contributed by atoms with Crippen molar-refractivity contribution in [2.24, 2.45) is 0 Å². The molecule has 8 heteroatoms. The smallest absolute Gasteiger partial charge is 0.314 e. The molecule has 1 rings (SSSR count). The molecule has 1 heterocycles. The van der Waals surface area contributed by atoms with Crippen molar-refractivity contribution < 1.29 is 26.9 Å². The van der Waals surface area contributed by atoms with E-state index >= 15 is 0 Å².